The van der Waals surface area contributed by atoms with Gasteiger partial charge in [-0.1, -0.05) is 31.4 Å². The summed E-state index contributed by atoms with van der Waals surface area (Å²) in [5, 5.41) is 3.07. The van der Waals surface area contributed by atoms with Gasteiger partial charge in [0.05, 0.1) is 11.6 Å². The van der Waals surface area contributed by atoms with Gasteiger partial charge in [0, 0.05) is 4.90 Å². The van der Waals surface area contributed by atoms with Crippen LogP contribution in [0.5, 0.6) is 0 Å². The minimum absolute atomic E-state index is 0.000702. The number of nitrogens with two attached hydrogens (primary N) is 1. The van der Waals surface area contributed by atoms with Crippen LogP contribution in [0.3, 0.4) is 0 Å². The van der Waals surface area contributed by atoms with Crippen molar-refractivity contribution in [3.63, 3.8) is 0 Å². The van der Waals surface area contributed by atoms with E-state index in [0.717, 1.165) is 31.2 Å². The number of nitrogens with one attached hydrogen (secondary N) is 1. The molecule has 0 saturated heterocycles. The predicted octanol–water partition coefficient (Wildman–Crippen LogP) is 3.25. The molecule has 1 fully saturated rings. The molecule has 0 spiro atoms. The summed E-state index contributed by atoms with van der Waals surface area (Å²) in [6, 6.07) is 8.31. The van der Waals surface area contributed by atoms with E-state index in [1.165, 1.54) is 11.3 Å². The van der Waals surface area contributed by atoms with Crippen molar-refractivity contribution < 1.29 is 4.79 Å². The molecule has 0 aromatic heterocycles. The maximum Gasteiger partial charge on any atom is 0.240 e. The molecule has 3 N–H and O–H groups in total. The number of rotatable bonds is 4. The van der Waals surface area contributed by atoms with Crippen molar-refractivity contribution in [1.29, 1.82) is 0 Å². The maximum absolute atomic E-state index is 12.4. The molecule has 110 valence electrons. The lowest BCUT2D eigenvalue weighted by Crippen LogP contribution is -2.55. The second-order valence-corrected chi connectivity index (χ2v) is 6.56. The average molecular weight is 292 g/mol. The Bertz CT molecular complexity index is 452. The summed E-state index contributed by atoms with van der Waals surface area (Å²) >= 11 is 1.72. The van der Waals surface area contributed by atoms with Crippen molar-refractivity contribution in [2.75, 3.05) is 6.26 Å². The Labute approximate surface area is 125 Å². The fraction of sp³-hybridized carbons (Fsp3) is 0.562. The number of benzene rings is 1. The molecule has 1 aromatic carbocycles. The summed E-state index contributed by atoms with van der Waals surface area (Å²) in [6.07, 6.45) is 6.97. The topological polar surface area (TPSA) is 55.1 Å². The lowest BCUT2D eigenvalue weighted by Gasteiger charge is -2.33. The highest BCUT2D eigenvalue weighted by Crippen LogP contribution is 2.27. The van der Waals surface area contributed by atoms with E-state index in [-0.39, 0.29) is 11.9 Å². The molecule has 0 aliphatic heterocycles. The Morgan fingerprint density at radius 3 is 2.40 bits per heavy atom. The van der Waals surface area contributed by atoms with Crippen LogP contribution in [0.1, 0.15) is 50.6 Å². The van der Waals surface area contributed by atoms with E-state index >= 15 is 0 Å². The number of hydrogen-bond acceptors (Lipinski definition) is 3. The summed E-state index contributed by atoms with van der Waals surface area (Å²) in [5.41, 5.74) is 6.72. The van der Waals surface area contributed by atoms with Crippen LogP contribution >= 0.6 is 11.8 Å². The van der Waals surface area contributed by atoms with Crippen LogP contribution in [-0.4, -0.2) is 17.7 Å². The Balaban J connectivity index is 1.99. The molecule has 4 heteroatoms. The first-order chi connectivity index (χ1) is 9.55. The zero-order chi connectivity index (χ0) is 14.6. The fourth-order valence-electron chi connectivity index (χ4n) is 2.73. The molecule has 0 bridgehead atoms. The first kappa shape index (κ1) is 15.4. The highest BCUT2D eigenvalue weighted by atomic mass is 32.2. The number of carbonyl (C=O) groups is 1. The zero-order valence-electron chi connectivity index (χ0n) is 12.3. The second kappa shape index (κ2) is 6.64. The molecular formula is C16H24N2OS. The van der Waals surface area contributed by atoms with Gasteiger partial charge in [-0.2, -0.15) is 0 Å². The monoisotopic (exact) mass is 292 g/mol. The lowest BCUT2D eigenvalue weighted by molar-refractivity contribution is -0.128. The first-order valence-electron chi connectivity index (χ1n) is 7.29. The smallest absolute Gasteiger partial charge is 0.240 e. The summed E-state index contributed by atoms with van der Waals surface area (Å²) < 4.78 is 0. The lowest BCUT2D eigenvalue weighted by atomic mass is 9.81. The van der Waals surface area contributed by atoms with Crippen molar-refractivity contribution in [1.82, 2.24) is 5.32 Å². The van der Waals surface area contributed by atoms with Gasteiger partial charge in [0.25, 0.3) is 0 Å². The highest BCUT2D eigenvalue weighted by molar-refractivity contribution is 7.98. The standard InChI is InChI=1S/C16H24N2OS/c1-12(13-6-8-14(20-2)9-7-13)18-15(19)16(17)10-4-3-5-11-16/h6-9,12H,3-5,10-11,17H2,1-2H3,(H,18,19). The number of hydrogen-bond donors (Lipinski definition) is 2. The molecule has 1 aliphatic carbocycles. The normalized spacial score (nSPS) is 19.4. The minimum atomic E-state index is -0.661. The van der Waals surface area contributed by atoms with Crippen molar-refractivity contribution in [3.05, 3.63) is 29.8 Å². The van der Waals surface area contributed by atoms with Crippen LogP contribution in [0.4, 0.5) is 0 Å². The largest absolute Gasteiger partial charge is 0.348 e. The molecule has 0 heterocycles. The van der Waals surface area contributed by atoms with Gasteiger partial charge in [-0.3, -0.25) is 4.79 Å². The number of thioether (sulfide) groups is 1. The summed E-state index contributed by atoms with van der Waals surface area (Å²) in [4.78, 5) is 13.6. The molecule has 1 aliphatic rings. The SMILES string of the molecule is CSc1ccc(C(C)NC(=O)C2(N)CCCCC2)cc1. The molecule has 20 heavy (non-hydrogen) atoms. The van der Waals surface area contributed by atoms with Crippen LogP contribution in [0.2, 0.25) is 0 Å². The van der Waals surface area contributed by atoms with Gasteiger partial charge < -0.3 is 11.1 Å². The van der Waals surface area contributed by atoms with Gasteiger partial charge in [-0.15, -0.1) is 11.8 Å². The molecule has 3 nitrogen and oxygen atoms in total. The van der Waals surface area contributed by atoms with E-state index in [1.54, 1.807) is 11.8 Å². The van der Waals surface area contributed by atoms with E-state index in [4.69, 9.17) is 5.73 Å². The summed E-state index contributed by atoms with van der Waals surface area (Å²) in [7, 11) is 0. The summed E-state index contributed by atoms with van der Waals surface area (Å²) in [5.74, 6) is -0.00126. The second-order valence-electron chi connectivity index (χ2n) is 5.69. The molecule has 1 atom stereocenters. The Hall–Kier alpha value is -1.00. The third kappa shape index (κ3) is 3.55. The number of amides is 1. The van der Waals surface area contributed by atoms with E-state index < -0.39 is 5.54 Å². The molecule has 1 amide bonds. The van der Waals surface area contributed by atoms with Crippen LogP contribution in [0.25, 0.3) is 0 Å². The molecule has 1 saturated carbocycles. The van der Waals surface area contributed by atoms with Crippen molar-refractivity contribution >= 4 is 17.7 Å². The minimum Gasteiger partial charge on any atom is -0.348 e. The Morgan fingerprint density at radius 1 is 1.25 bits per heavy atom. The van der Waals surface area contributed by atoms with Crippen LogP contribution in [0.15, 0.2) is 29.2 Å². The zero-order valence-corrected chi connectivity index (χ0v) is 13.1. The van der Waals surface area contributed by atoms with Crippen molar-refractivity contribution in [2.45, 2.75) is 55.5 Å². The molecule has 1 unspecified atom stereocenters. The molecule has 0 radical (unpaired) electrons. The Kier molecular flexibility index (Phi) is 5.11. The maximum atomic E-state index is 12.4. The molecule has 2 rings (SSSR count). The van der Waals surface area contributed by atoms with E-state index in [2.05, 4.69) is 35.8 Å². The Morgan fingerprint density at radius 2 is 1.85 bits per heavy atom. The average Bonchev–Trinajstić information content (AvgIpc) is 2.48. The van der Waals surface area contributed by atoms with Gasteiger partial charge in [-0.05, 0) is 43.7 Å². The van der Waals surface area contributed by atoms with Crippen molar-refractivity contribution in [2.24, 2.45) is 5.73 Å². The van der Waals surface area contributed by atoms with Gasteiger partial charge in [0.15, 0.2) is 0 Å². The molecular weight excluding hydrogens is 268 g/mol. The third-order valence-electron chi connectivity index (χ3n) is 4.16. The van der Waals surface area contributed by atoms with E-state index in [9.17, 15) is 4.79 Å². The van der Waals surface area contributed by atoms with Crippen LogP contribution < -0.4 is 11.1 Å². The van der Waals surface area contributed by atoms with Gasteiger partial charge in [0.2, 0.25) is 5.91 Å². The predicted molar refractivity (Wildman–Crippen MR) is 84.8 cm³/mol. The van der Waals surface area contributed by atoms with Gasteiger partial charge in [0.1, 0.15) is 0 Å². The fourth-order valence-corrected chi connectivity index (χ4v) is 3.13. The highest BCUT2D eigenvalue weighted by Gasteiger charge is 2.35. The quantitative estimate of drug-likeness (QED) is 0.838. The number of carbonyl (C=O) groups excluding carboxylic acids is 1. The van der Waals surface area contributed by atoms with Crippen LogP contribution in [0, 0.1) is 0 Å². The van der Waals surface area contributed by atoms with Gasteiger partial charge >= 0.3 is 0 Å². The summed E-state index contributed by atoms with van der Waals surface area (Å²) in [6.45, 7) is 2.01. The molecule has 1 aromatic rings. The van der Waals surface area contributed by atoms with E-state index in [1.807, 2.05) is 6.92 Å². The van der Waals surface area contributed by atoms with E-state index in [0.29, 0.717) is 0 Å². The first-order valence-corrected chi connectivity index (χ1v) is 8.51. The van der Waals surface area contributed by atoms with Crippen molar-refractivity contribution in [3.8, 4) is 0 Å². The van der Waals surface area contributed by atoms with Gasteiger partial charge in [-0.25, -0.2) is 0 Å². The third-order valence-corrected chi connectivity index (χ3v) is 4.90. The van der Waals surface area contributed by atoms with Crippen LogP contribution in [-0.2, 0) is 4.79 Å².